The molecule has 1 unspecified atom stereocenters. The summed E-state index contributed by atoms with van der Waals surface area (Å²) in [6.07, 6.45) is 2.19. The zero-order chi connectivity index (χ0) is 25.1. The zero-order valence-corrected chi connectivity index (χ0v) is 21.5. The van der Waals surface area contributed by atoms with Gasteiger partial charge in [0, 0.05) is 49.9 Å². The molecule has 3 heterocycles. The molecule has 3 saturated heterocycles. The van der Waals surface area contributed by atoms with Crippen molar-refractivity contribution in [2.75, 3.05) is 51.3 Å². The molecule has 8 heteroatoms. The number of benzene rings is 1. The Hall–Kier alpha value is -2.45. The minimum Gasteiger partial charge on any atom is -0.369 e. The molecule has 0 radical (unpaired) electrons. The second-order valence-corrected chi connectivity index (χ2v) is 10.7. The number of likely N-dealkylation sites (N-methyl/N-ethyl adjacent to an activating group) is 1. The highest BCUT2D eigenvalue weighted by molar-refractivity contribution is 5.99. The van der Waals surface area contributed by atoms with Crippen molar-refractivity contribution in [3.63, 3.8) is 0 Å². The van der Waals surface area contributed by atoms with Gasteiger partial charge in [-0.1, -0.05) is 27.2 Å². The second kappa shape index (κ2) is 11.1. The molecular formula is C27H40N4O4. The van der Waals surface area contributed by atoms with Crippen molar-refractivity contribution in [2.45, 2.75) is 58.2 Å². The third-order valence-electron chi connectivity index (χ3n) is 7.54. The minimum atomic E-state index is -0.672. The van der Waals surface area contributed by atoms with Crippen LogP contribution in [-0.2, 0) is 14.3 Å². The van der Waals surface area contributed by atoms with Crippen LogP contribution in [0.5, 0.6) is 0 Å². The van der Waals surface area contributed by atoms with E-state index in [2.05, 4.69) is 29.1 Å². The molecule has 0 aliphatic carbocycles. The Morgan fingerprint density at radius 1 is 1.11 bits per heavy atom. The third-order valence-corrected chi connectivity index (χ3v) is 7.54. The molecule has 3 aliphatic rings. The summed E-state index contributed by atoms with van der Waals surface area (Å²) >= 11 is 0. The molecule has 192 valence electrons. The summed E-state index contributed by atoms with van der Waals surface area (Å²) < 4.78 is 5.78. The quantitative estimate of drug-likeness (QED) is 0.609. The Morgan fingerprint density at radius 2 is 1.80 bits per heavy atom. The number of ether oxygens (including phenoxy) is 1. The third kappa shape index (κ3) is 5.70. The number of rotatable bonds is 8. The molecule has 0 spiro atoms. The van der Waals surface area contributed by atoms with Crippen molar-refractivity contribution in [1.29, 1.82) is 0 Å². The Labute approximate surface area is 209 Å². The maximum absolute atomic E-state index is 13.7. The number of ketones is 1. The summed E-state index contributed by atoms with van der Waals surface area (Å²) in [6, 6.07) is 6.43. The Morgan fingerprint density at radius 3 is 2.43 bits per heavy atom. The molecular weight excluding hydrogens is 444 g/mol. The SMILES string of the molecule is CCC[C@@H]1CN(C(=O)C(CC(C)C)NC(=O)c2ccc(N3CCN(C)CC3)cc2)[C@@H]2C(=O)CO[C@H]12. The first-order chi connectivity index (χ1) is 16.8. The van der Waals surface area contributed by atoms with Crippen molar-refractivity contribution in [3.8, 4) is 0 Å². The zero-order valence-electron chi connectivity index (χ0n) is 21.5. The van der Waals surface area contributed by atoms with Gasteiger partial charge in [-0.15, -0.1) is 0 Å². The largest absolute Gasteiger partial charge is 0.369 e. The number of hydrogen-bond donors (Lipinski definition) is 1. The van der Waals surface area contributed by atoms with Gasteiger partial charge < -0.3 is 24.8 Å². The molecule has 4 rings (SSSR count). The number of nitrogens with zero attached hydrogens (tertiary/aromatic N) is 3. The van der Waals surface area contributed by atoms with Gasteiger partial charge >= 0.3 is 0 Å². The summed E-state index contributed by atoms with van der Waals surface area (Å²) in [4.78, 5) is 45.7. The van der Waals surface area contributed by atoms with Gasteiger partial charge in [-0.25, -0.2) is 0 Å². The van der Waals surface area contributed by atoms with Gasteiger partial charge in [0.1, 0.15) is 18.7 Å². The fourth-order valence-electron chi connectivity index (χ4n) is 5.63. The first-order valence-corrected chi connectivity index (χ1v) is 13.1. The average molecular weight is 485 g/mol. The smallest absolute Gasteiger partial charge is 0.251 e. The van der Waals surface area contributed by atoms with Gasteiger partial charge in [-0.05, 0) is 50.1 Å². The van der Waals surface area contributed by atoms with Gasteiger partial charge in [0.2, 0.25) is 5.91 Å². The maximum atomic E-state index is 13.7. The summed E-state index contributed by atoms with van der Waals surface area (Å²) in [6.45, 7) is 10.7. The van der Waals surface area contributed by atoms with Crippen LogP contribution in [0.25, 0.3) is 0 Å². The number of carbonyl (C=O) groups excluding carboxylic acids is 3. The van der Waals surface area contributed by atoms with Crippen LogP contribution in [0, 0.1) is 11.8 Å². The fraction of sp³-hybridized carbons (Fsp3) is 0.667. The molecule has 1 aromatic carbocycles. The van der Waals surface area contributed by atoms with E-state index in [9.17, 15) is 14.4 Å². The van der Waals surface area contributed by atoms with Gasteiger partial charge in [0.15, 0.2) is 5.78 Å². The highest BCUT2D eigenvalue weighted by atomic mass is 16.5. The number of fused-ring (bicyclic) bond motifs is 1. The molecule has 35 heavy (non-hydrogen) atoms. The van der Waals surface area contributed by atoms with Crippen molar-refractivity contribution >= 4 is 23.3 Å². The summed E-state index contributed by atoms with van der Waals surface area (Å²) in [5.41, 5.74) is 1.64. The fourth-order valence-corrected chi connectivity index (χ4v) is 5.63. The van der Waals surface area contributed by atoms with Crippen LogP contribution in [0.15, 0.2) is 24.3 Å². The van der Waals surface area contributed by atoms with Crippen molar-refractivity contribution in [1.82, 2.24) is 15.1 Å². The molecule has 3 fully saturated rings. The minimum absolute atomic E-state index is 0.0314. The van der Waals surface area contributed by atoms with Crippen molar-refractivity contribution < 1.29 is 19.1 Å². The van der Waals surface area contributed by atoms with E-state index in [1.807, 2.05) is 38.1 Å². The van der Waals surface area contributed by atoms with E-state index in [0.717, 1.165) is 44.7 Å². The Bertz CT molecular complexity index is 910. The topological polar surface area (TPSA) is 82.2 Å². The predicted molar refractivity (Wildman–Crippen MR) is 136 cm³/mol. The number of likely N-dealkylation sites (tertiary alicyclic amines) is 1. The van der Waals surface area contributed by atoms with Crippen LogP contribution in [0.3, 0.4) is 0 Å². The van der Waals surface area contributed by atoms with Gasteiger partial charge in [0.05, 0.1) is 6.10 Å². The molecule has 8 nitrogen and oxygen atoms in total. The van der Waals surface area contributed by atoms with E-state index in [-0.39, 0.29) is 42.1 Å². The molecule has 1 aromatic rings. The lowest BCUT2D eigenvalue weighted by Gasteiger charge is -2.34. The first kappa shape index (κ1) is 25.6. The van der Waals surface area contributed by atoms with Crippen LogP contribution in [-0.4, -0.2) is 92.0 Å². The van der Waals surface area contributed by atoms with E-state index < -0.39 is 12.1 Å². The van der Waals surface area contributed by atoms with Crippen molar-refractivity contribution in [3.05, 3.63) is 29.8 Å². The monoisotopic (exact) mass is 484 g/mol. The highest BCUT2D eigenvalue weighted by Gasteiger charge is 2.52. The Kier molecular flexibility index (Phi) is 8.12. The van der Waals surface area contributed by atoms with Crippen LogP contribution in [0.1, 0.15) is 50.4 Å². The number of piperazine rings is 1. The standard InChI is InChI=1S/C27H40N4O4/c1-5-6-20-16-31(24-23(32)17-35-25(20)24)27(34)22(15-18(2)3)28-26(33)19-7-9-21(10-8-19)30-13-11-29(4)12-14-30/h7-10,18,20,22,24-25H,5-6,11-17H2,1-4H3,(H,28,33)/t20-,22?,24-,25-/m1/s1. The van der Waals surface area contributed by atoms with E-state index in [1.165, 1.54) is 0 Å². The molecule has 1 N–H and O–H groups in total. The van der Waals surface area contributed by atoms with E-state index in [4.69, 9.17) is 4.74 Å². The lowest BCUT2D eigenvalue weighted by Crippen LogP contribution is -2.52. The molecule has 2 amide bonds. The van der Waals surface area contributed by atoms with Crippen molar-refractivity contribution in [2.24, 2.45) is 11.8 Å². The van der Waals surface area contributed by atoms with Crippen LogP contribution < -0.4 is 10.2 Å². The van der Waals surface area contributed by atoms with E-state index >= 15 is 0 Å². The number of hydrogen-bond acceptors (Lipinski definition) is 6. The molecule has 0 aromatic heterocycles. The summed E-state index contributed by atoms with van der Waals surface area (Å²) in [7, 11) is 2.13. The molecule has 3 aliphatic heterocycles. The molecule has 0 bridgehead atoms. The van der Waals surface area contributed by atoms with Crippen LogP contribution in [0.4, 0.5) is 5.69 Å². The van der Waals surface area contributed by atoms with Gasteiger partial charge in [-0.3, -0.25) is 14.4 Å². The average Bonchev–Trinajstić information content (AvgIpc) is 3.39. The number of amides is 2. The number of Topliss-reactive ketones (excluding diaryl/α,β-unsaturated/α-hetero) is 1. The number of nitrogens with one attached hydrogen (secondary N) is 1. The van der Waals surface area contributed by atoms with E-state index in [1.54, 1.807) is 4.90 Å². The van der Waals surface area contributed by atoms with Gasteiger partial charge in [-0.2, -0.15) is 0 Å². The summed E-state index contributed by atoms with van der Waals surface area (Å²) in [5.74, 6) is -0.0874. The normalized spacial score (nSPS) is 25.7. The predicted octanol–water partition coefficient (Wildman–Crippen LogP) is 2.18. The van der Waals surface area contributed by atoms with E-state index in [0.29, 0.717) is 18.5 Å². The first-order valence-electron chi connectivity index (χ1n) is 13.1. The maximum Gasteiger partial charge on any atom is 0.251 e. The molecule has 4 atom stereocenters. The second-order valence-electron chi connectivity index (χ2n) is 10.7. The van der Waals surface area contributed by atoms with Gasteiger partial charge in [0.25, 0.3) is 5.91 Å². The number of carbonyl (C=O) groups is 3. The van der Waals surface area contributed by atoms with Crippen LogP contribution in [0.2, 0.25) is 0 Å². The highest BCUT2D eigenvalue weighted by Crippen LogP contribution is 2.35. The Balaban J connectivity index is 1.45. The molecule has 0 saturated carbocycles. The lowest BCUT2D eigenvalue weighted by molar-refractivity contribution is -0.138. The summed E-state index contributed by atoms with van der Waals surface area (Å²) in [5, 5.41) is 2.99. The lowest BCUT2D eigenvalue weighted by atomic mass is 9.97. The van der Waals surface area contributed by atoms with Crippen LogP contribution >= 0.6 is 0 Å². The number of anilines is 1.